The van der Waals surface area contributed by atoms with Crippen LogP contribution in [0.3, 0.4) is 0 Å². The molecule has 2 saturated heterocycles. The molecule has 3 fully saturated rings. The number of fused-ring (bicyclic) bond motifs is 1. The summed E-state index contributed by atoms with van der Waals surface area (Å²) in [7, 11) is 2.16. The molecule has 1 aliphatic carbocycles. The van der Waals surface area contributed by atoms with E-state index in [0.717, 1.165) is 107 Å². The number of likely N-dealkylation sites (N-methyl/N-ethyl adjacent to an activating group) is 1. The van der Waals surface area contributed by atoms with E-state index >= 15 is 0 Å². The topological polar surface area (TPSA) is 78.9 Å². The van der Waals surface area contributed by atoms with E-state index in [9.17, 15) is 0 Å². The standard InChI is InChI=1S/C28H37N7O2/c1-33-11-13-35(14-12-33)28-30-10-8-26(32-28)31-22-4-6-24(7-5-22)37-25-20-23(34-15-17-36-18-16-34)19-21-3-2-9-29-27(21)25/h2-3,8-10,19-20,22,24H,4-7,11-18H2,1H3,(H,30,31,32). The molecule has 1 saturated carbocycles. The summed E-state index contributed by atoms with van der Waals surface area (Å²) in [5, 5.41) is 4.78. The minimum absolute atomic E-state index is 0.189. The van der Waals surface area contributed by atoms with Gasteiger partial charge in [0.2, 0.25) is 5.95 Å². The van der Waals surface area contributed by atoms with Gasteiger partial charge in [-0.3, -0.25) is 4.98 Å². The molecule has 2 aromatic heterocycles. The van der Waals surface area contributed by atoms with Crippen LogP contribution in [0.2, 0.25) is 0 Å². The van der Waals surface area contributed by atoms with Crippen LogP contribution < -0.4 is 19.9 Å². The van der Waals surface area contributed by atoms with Crippen LogP contribution in [0.4, 0.5) is 17.5 Å². The van der Waals surface area contributed by atoms with Crippen molar-refractivity contribution in [2.45, 2.75) is 37.8 Å². The highest BCUT2D eigenvalue weighted by Crippen LogP contribution is 2.34. The number of pyridine rings is 1. The fraction of sp³-hybridized carbons (Fsp3) is 0.536. The van der Waals surface area contributed by atoms with Crippen molar-refractivity contribution in [1.82, 2.24) is 19.9 Å². The summed E-state index contributed by atoms with van der Waals surface area (Å²) < 4.78 is 12.2. The van der Waals surface area contributed by atoms with Crippen molar-refractivity contribution in [1.29, 1.82) is 0 Å². The minimum atomic E-state index is 0.189. The summed E-state index contributed by atoms with van der Waals surface area (Å²) in [6.07, 6.45) is 8.02. The molecular weight excluding hydrogens is 466 g/mol. The van der Waals surface area contributed by atoms with Gasteiger partial charge in [0.1, 0.15) is 17.1 Å². The predicted octanol–water partition coefficient (Wildman–Crippen LogP) is 3.42. The van der Waals surface area contributed by atoms with Crippen molar-refractivity contribution in [2.75, 3.05) is 74.6 Å². The average molecular weight is 504 g/mol. The first-order chi connectivity index (χ1) is 18.2. The van der Waals surface area contributed by atoms with Crippen molar-refractivity contribution in [3.63, 3.8) is 0 Å². The lowest BCUT2D eigenvalue weighted by Crippen LogP contribution is -2.45. The fourth-order valence-corrected chi connectivity index (χ4v) is 5.54. The Labute approximate surface area is 218 Å². The van der Waals surface area contributed by atoms with E-state index in [1.54, 1.807) is 0 Å². The van der Waals surface area contributed by atoms with Crippen LogP contribution in [0.1, 0.15) is 25.7 Å². The van der Waals surface area contributed by atoms with Gasteiger partial charge >= 0.3 is 0 Å². The van der Waals surface area contributed by atoms with Crippen LogP contribution in [0.5, 0.6) is 5.75 Å². The minimum Gasteiger partial charge on any atom is -0.488 e. The Morgan fingerprint density at radius 1 is 0.892 bits per heavy atom. The quantitative estimate of drug-likeness (QED) is 0.544. The second-order valence-corrected chi connectivity index (χ2v) is 10.4. The largest absolute Gasteiger partial charge is 0.488 e. The summed E-state index contributed by atoms with van der Waals surface area (Å²) in [5.41, 5.74) is 2.13. The molecule has 0 spiro atoms. The van der Waals surface area contributed by atoms with Crippen molar-refractivity contribution in [3.8, 4) is 5.75 Å². The van der Waals surface area contributed by atoms with Crippen molar-refractivity contribution >= 4 is 28.4 Å². The number of nitrogens with zero attached hydrogens (tertiary/aromatic N) is 6. The zero-order chi connectivity index (χ0) is 25.0. The highest BCUT2D eigenvalue weighted by atomic mass is 16.5. The number of nitrogens with one attached hydrogen (secondary N) is 1. The lowest BCUT2D eigenvalue weighted by Gasteiger charge is -2.33. The molecule has 9 nitrogen and oxygen atoms in total. The van der Waals surface area contributed by atoms with Gasteiger partial charge in [0.05, 0.1) is 19.3 Å². The summed E-state index contributed by atoms with van der Waals surface area (Å²) >= 11 is 0. The van der Waals surface area contributed by atoms with Crippen molar-refractivity contribution in [2.24, 2.45) is 0 Å². The van der Waals surface area contributed by atoms with E-state index in [0.29, 0.717) is 6.04 Å². The number of hydrogen-bond donors (Lipinski definition) is 1. The number of ether oxygens (including phenoxy) is 2. The molecule has 1 aromatic carbocycles. The fourth-order valence-electron chi connectivity index (χ4n) is 5.54. The molecule has 9 heteroatoms. The molecule has 196 valence electrons. The number of hydrogen-bond acceptors (Lipinski definition) is 9. The molecule has 0 unspecified atom stereocenters. The number of rotatable bonds is 6. The Bertz CT molecular complexity index is 1190. The first kappa shape index (κ1) is 24.2. The molecule has 0 atom stereocenters. The molecule has 3 aliphatic rings. The smallest absolute Gasteiger partial charge is 0.227 e. The van der Waals surface area contributed by atoms with Gasteiger partial charge in [-0.05, 0) is 50.9 Å². The van der Waals surface area contributed by atoms with Gasteiger partial charge in [0, 0.05) is 74.8 Å². The van der Waals surface area contributed by atoms with E-state index < -0.39 is 0 Å². The molecule has 2 aliphatic heterocycles. The predicted molar refractivity (Wildman–Crippen MR) is 147 cm³/mol. The maximum atomic E-state index is 6.62. The Morgan fingerprint density at radius 2 is 1.70 bits per heavy atom. The second kappa shape index (κ2) is 11.1. The molecule has 1 N–H and O–H groups in total. The lowest BCUT2D eigenvalue weighted by molar-refractivity contribution is 0.122. The number of anilines is 3. The molecule has 3 aromatic rings. The Kier molecular flexibility index (Phi) is 7.23. The molecule has 6 rings (SSSR count). The second-order valence-electron chi connectivity index (χ2n) is 10.4. The van der Waals surface area contributed by atoms with Crippen molar-refractivity contribution < 1.29 is 9.47 Å². The Hall–Kier alpha value is -3.17. The first-order valence-corrected chi connectivity index (χ1v) is 13.6. The summed E-state index contributed by atoms with van der Waals surface area (Å²) in [6, 6.07) is 10.9. The number of benzene rings is 1. The number of aromatic nitrogens is 3. The van der Waals surface area contributed by atoms with Gasteiger partial charge in [-0.1, -0.05) is 6.07 Å². The maximum Gasteiger partial charge on any atom is 0.227 e. The van der Waals surface area contributed by atoms with Gasteiger partial charge in [0.15, 0.2) is 0 Å². The third-order valence-electron chi connectivity index (χ3n) is 7.78. The lowest BCUT2D eigenvalue weighted by atomic mass is 9.93. The Morgan fingerprint density at radius 3 is 2.51 bits per heavy atom. The van der Waals surface area contributed by atoms with E-state index in [4.69, 9.17) is 14.5 Å². The van der Waals surface area contributed by atoms with E-state index in [2.05, 4.69) is 55.2 Å². The van der Waals surface area contributed by atoms with Crippen LogP contribution in [-0.2, 0) is 4.74 Å². The first-order valence-electron chi connectivity index (χ1n) is 13.6. The maximum absolute atomic E-state index is 6.62. The van der Waals surface area contributed by atoms with Gasteiger partial charge in [-0.25, -0.2) is 4.98 Å². The molecular formula is C28H37N7O2. The normalized spacial score (nSPS) is 23.3. The summed E-state index contributed by atoms with van der Waals surface area (Å²) in [6.45, 7) is 7.37. The molecule has 0 radical (unpaired) electrons. The molecule has 37 heavy (non-hydrogen) atoms. The van der Waals surface area contributed by atoms with E-state index in [-0.39, 0.29) is 6.10 Å². The SMILES string of the molecule is CN1CCN(c2nccc(NC3CCC(Oc4cc(N5CCOCC5)cc5cccnc45)CC3)n2)CC1. The average Bonchev–Trinajstić information content (AvgIpc) is 2.95. The monoisotopic (exact) mass is 503 g/mol. The van der Waals surface area contributed by atoms with Crippen LogP contribution in [0.15, 0.2) is 42.7 Å². The van der Waals surface area contributed by atoms with Crippen LogP contribution in [0, 0.1) is 0 Å². The van der Waals surface area contributed by atoms with Crippen LogP contribution in [-0.4, -0.2) is 91.5 Å². The van der Waals surface area contributed by atoms with Crippen molar-refractivity contribution in [3.05, 3.63) is 42.7 Å². The number of piperazine rings is 1. The molecule has 0 amide bonds. The van der Waals surface area contributed by atoms with Crippen LogP contribution in [0.25, 0.3) is 10.9 Å². The van der Waals surface area contributed by atoms with E-state index in [1.165, 1.54) is 5.69 Å². The third kappa shape index (κ3) is 5.72. The van der Waals surface area contributed by atoms with Gasteiger partial charge in [-0.15, -0.1) is 0 Å². The summed E-state index contributed by atoms with van der Waals surface area (Å²) in [4.78, 5) is 21.0. The highest BCUT2D eigenvalue weighted by Gasteiger charge is 2.25. The zero-order valence-corrected chi connectivity index (χ0v) is 21.7. The summed E-state index contributed by atoms with van der Waals surface area (Å²) in [5.74, 6) is 2.64. The third-order valence-corrected chi connectivity index (χ3v) is 7.78. The Balaban J connectivity index is 1.08. The molecule has 0 bridgehead atoms. The van der Waals surface area contributed by atoms with Crippen LogP contribution >= 0.6 is 0 Å². The highest BCUT2D eigenvalue weighted by molar-refractivity contribution is 5.88. The number of morpholine rings is 1. The van der Waals surface area contributed by atoms with Gasteiger partial charge < -0.3 is 29.5 Å². The van der Waals surface area contributed by atoms with Gasteiger partial charge in [-0.2, -0.15) is 4.98 Å². The zero-order valence-electron chi connectivity index (χ0n) is 21.7. The van der Waals surface area contributed by atoms with Gasteiger partial charge in [0.25, 0.3) is 0 Å². The molecule has 4 heterocycles. The van der Waals surface area contributed by atoms with E-state index in [1.807, 2.05) is 24.5 Å².